The SMILES string of the molecule is Cc1c(-c2c(-c3ccccc3)c3ccccc3n2C)cccc1-c1cc(C2CCCCC2)cc[n+]1C.Cc1c(-c2cc3ccccc3n2C)cc(C23CC4CC(CC(C4)C2)C3)cc1-c1cccc[n+]1C.Cc1c(-c2cc3ccccc3n2C)cccc1-c1ccc2ccccc2[n+]1C.Cc1cc(-c2cc3ccccc3n2C)c(C)c(-c2cc(C)cc[n+]2C)c1. The summed E-state index contributed by atoms with van der Waals surface area (Å²) in [5.74, 6) is 3.55. The number of pyridine rings is 4. The Kier molecular flexibility index (Phi) is 21.8. The Morgan fingerprint density at radius 2 is 0.774 bits per heavy atom. The van der Waals surface area contributed by atoms with Crippen molar-refractivity contribution in [1.29, 1.82) is 0 Å². The summed E-state index contributed by atoms with van der Waals surface area (Å²) >= 11 is 0. The molecule has 0 radical (unpaired) electrons. The van der Waals surface area contributed by atoms with Crippen LogP contribution in [0.1, 0.15) is 121 Å². The molecule has 8 aromatic heterocycles. The first-order chi connectivity index (χ1) is 60.2. The molecule has 8 heterocycles. The van der Waals surface area contributed by atoms with Crippen LogP contribution in [0.4, 0.5) is 0 Å². The molecule has 0 saturated heterocycles. The van der Waals surface area contributed by atoms with Crippen molar-refractivity contribution in [1.82, 2.24) is 18.3 Å². The highest BCUT2D eigenvalue weighted by Gasteiger charge is 2.52. The molecule has 5 saturated carbocycles. The zero-order chi connectivity index (χ0) is 85.3. The molecule has 4 bridgehead atoms. The van der Waals surface area contributed by atoms with Gasteiger partial charge in [0.2, 0.25) is 28.3 Å². The molecule has 0 atom stereocenters. The molecule has 5 aliphatic rings. The Balaban J connectivity index is 0.000000109. The molecule has 0 aliphatic heterocycles. The maximum absolute atomic E-state index is 2.60. The minimum Gasteiger partial charge on any atom is -0.344 e. The van der Waals surface area contributed by atoms with Crippen molar-refractivity contribution in [2.45, 2.75) is 124 Å². The summed E-state index contributed by atoms with van der Waals surface area (Å²) in [7, 11) is 17.4. The van der Waals surface area contributed by atoms with Crippen LogP contribution in [0.25, 0.3) is 156 Å². The van der Waals surface area contributed by atoms with Crippen LogP contribution >= 0.6 is 0 Å². The standard InChI is InChI=1S/C34H35N2.C32H35N2.C26H23N2.C24H25N2/c1-24-28(32-23-27(21-22-35(32)2)25-13-6-4-7-14-25)18-12-19-29(24)34-33(26-15-8-5-9-16-26)30-17-10-11-20-31(30)36(34)3;1-21-27(30-10-6-7-11-33(30)2)16-26(32-18-22-12-23(19-32)14-24(13-22)20-32)17-28(21)31-15-25-8-4-5-9-29(25)34(31)3;1-18-21(25-16-15-19-9-4-6-13-23(19)27(25)2)11-8-12-22(18)26-17-20-10-5-7-14-24(20)28(26)3;1-16-10-11-25(4)23(14-16)20-12-17(2)13-21(18(20)3)24-15-19-8-6-7-9-22(19)26(24)5/h5,8-12,15-23,25H,4,6-7,13-14H2,1-3H3;4-11,15-17,22-24H,12-14,18-20H2,1-3H3;4-17H,1-3H3;6-15H,1-5H3/q4*+1. The largest absolute Gasteiger partial charge is 0.344 e. The Morgan fingerprint density at radius 3 is 1.38 bits per heavy atom. The van der Waals surface area contributed by atoms with Crippen LogP contribution in [-0.2, 0) is 61.8 Å². The van der Waals surface area contributed by atoms with Gasteiger partial charge >= 0.3 is 0 Å². The molecule has 23 rings (SSSR count). The fraction of sp³-hybridized carbons (Fsp3) is 0.259. The van der Waals surface area contributed by atoms with E-state index >= 15 is 0 Å². The van der Waals surface area contributed by atoms with Crippen LogP contribution in [0.3, 0.4) is 0 Å². The Morgan fingerprint density at radius 1 is 0.315 bits per heavy atom. The first kappa shape index (κ1) is 80.9. The van der Waals surface area contributed by atoms with Gasteiger partial charge in [-0.15, -0.1) is 0 Å². The highest BCUT2D eigenvalue weighted by atomic mass is 15.0. The van der Waals surface area contributed by atoms with E-state index in [-0.39, 0.29) is 0 Å². The lowest BCUT2D eigenvalue weighted by molar-refractivity contribution is -0.660. The molecular formula is C116H118N8+4. The molecule has 8 nitrogen and oxygen atoms in total. The molecule has 10 aromatic carbocycles. The predicted octanol–water partition coefficient (Wildman–Crippen LogP) is 26.5. The number of rotatable bonds is 11. The van der Waals surface area contributed by atoms with E-state index < -0.39 is 0 Å². The normalized spacial score (nSPS) is 16.7. The molecule has 18 aromatic rings. The van der Waals surface area contributed by atoms with Gasteiger partial charge in [0.05, 0.1) is 5.69 Å². The predicted molar refractivity (Wildman–Crippen MR) is 517 cm³/mol. The second-order valence-corrected chi connectivity index (χ2v) is 37.0. The molecule has 0 spiro atoms. The number of para-hydroxylation sites is 5. The van der Waals surface area contributed by atoms with E-state index in [0.29, 0.717) is 11.3 Å². The van der Waals surface area contributed by atoms with Crippen molar-refractivity contribution in [2.75, 3.05) is 0 Å². The lowest BCUT2D eigenvalue weighted by atomic mass is 9.48. The lowest BCUT2D eigenvalue weighted by Gasteiger charge is -2.57. The van der Waals surface area contributed by atoms with Crippen LogP contribution in [0.5, 0.6) is 0 Å². The molecule has 124 heavy (non-hydrogen) atoms. The first-order valence-corrected chi connectivity index (χ1v) is 45.3. The third-order valence-corrected chi connectivity index (χ3v) is 29.2. The van der Waals surface area contributed by atoms with Crippen molar-refractivity contribution in [3.8, 4) is 101 Å². The second-order valence-electron chi connectivity index (χ2n) is 37.0. The van der Waals surface area contributed by atoms with Gasteiger partial charge in [0, 0.05) is 193 Å². The molecule has 0 unspecified atom stereocenters. The number of hydrogen-bond donors (Lipinski definition) is 0. The van der Waals surface area contributed by atoms with E-state index in [1.807, 2.05) is 0 Å². The molecule has 5 fully saturated rings. The number of nitrogens with zero attached hydrogens (tertiary/aromatic N) is 8. The van der Waals surface area contributed by atoms with E-state index in [0.717, 1.165) is 17.8 Å². The average Bonchev–Trinajstić information content (AvgIpc) is 0.960. The van der Waals surface area contributed by atoms with Crippen LogP contribution in [0.2, 0.25) is 0 Å². The van der Waals surface area contributed by atoms with Crippen LogP contribution in [-0.4, -0.2) is 18.3 Å². The number of aryl methyl sites for hydroxylation is 10. The Bertz CT molecular complexity index is 7090. The van der Waals surface area contributed by atoms with Gasteiger partial charge in [-0.05, 0) is 269 Å². The zero-order valence-electron chi connectivity index (χ0n) is 75.0. The fourth-order valence-electron chi connectivity index (χ4n) is 22.9. The summed E-state index contributed by atoms with van der Waals surface area (Å²) in [6, 6.07) is 105. The summed E-state index contributed by atoms with van der Waals surface area (Å²) in [6.07, 6.45) is 22.0. The highest BCUT2D eigenvalue weighted by molar-refractivity contribution is 6.05. The number of benzene rings is 10. The zero-order valence-corrected chi connectivity index (χ0v) is 75.0. The number of aromatic nitrogens is 8. The van der Waals surface area contributed by atoms with E-state index in [1.54, 1.807) is 5.56 Å². The van der Waals surface area contributed by atoms with Gasteiger partial charge in [0.1, 0.15) is 28.2 Å². The smallest absolute Gasteiger partial charge is 0.213 e. The van der Waals surface area contributed by atoms with Gasteiger partial charge in [-0.1, -0.05) is 159 Å². The average molecular weight is 1620 g/mol. The summed E-state index contributed by atoms with van der Waals surface area (Å²) in [5.41, 5.74) is 41.2. The minimum absolute atomic E-state index is 0.379. The lowest BCUT2D eigenvalue weighted by Crippen LogP contribution is -2.48. The van der Waals surface area contributed by atoms with E-state index in [4.69, 9.17) is 0 Å². The number of fused-ring (bicyclic) bond motifs is 5. The minimum atomic E-state index is 0.379. The third kappa shape index (κ3) is 14.9. The quantitative estimate of drug-likeness (QED) is 0.116. The van der Waals surface area contributed by atoms with Crippen molar-refractivity contribution >= 4 is 54.5 Å². The second kappa shape index (κ2) is 33.5. The van der Waals surface area contributed by atoms with Crippen molar-refractivity contribution in [3.63, 3.8) is 0 Å². The van der Waals surface area contributed by atoms with Crippen LogP contribution in [0.15, 0.2) is 304 Å². The molecule has 5 aliphatic carbocycles. The Hall–Kier alpha value is -12.8. The topological polar surface area (TPSA) is 35.2 Å². The van der Waals surface area contributed by atoms with Gasteiger partial charge in [-0.3, -0.25) is 0 Å². The van der Waals surface area contributed by atoms with Crippen LogP contribution < -0.4 is 18.3 Å². The van der Waals surface area contributed by atoms with Gasteiger partial charge < -0.3 is 18.3 Å². The summed E-state index contributed by atoms with van der Waals surface area (Å²) in [4.78, 5) is 0. The van der Waals surface area contributed by atoms with E-state index in [9.17, 15) is 0 Å². The van der Waals surface area contributed by atoms with Crippen molar-refractivity contribution in [2.24, 2.45) is 74.1 Å². The summed E-state index contributed by atoms with van der Waals surface area (Å²) in [6.45, 7) is 13.4. The van der Waals surface area contributed by atoms with Crippen molar-refractivity contribution in [3.05, 3.63) is 348 Å². The molecule has 0 N–H and O–H groups in total. The van der Waals surface area contributed by atoms with Gasteiger partial charge in [0.15, 0.2) is 18.6 Å². The van der Waals surface area contributed by atoms with Gasteiger partial charge in [-0.25, -0.2) is 13.7 Å². The van der Waals surface area contributed by atoms with Crippen LogP contribution in [0, 0.1) is 59.3 Å². The van der Waals surface area contributed by atoms with E-state index in [1.165, 1.54) is 265 Å². The molecule has 618 valence electrons. The van der Waals surface area contributed by atoms with E-state index in [2.05, 4.69) is 438 Å². The maximum Gasteiger partial charge on any atom is 0.213 e. The van der Waals surface area contributed by atoms with Crippen molar-refractivity contribution < 1.29 is 18.3 Å². The third-order valence-electron chi connectivity index (χ3n) is 29.2. The maximum atomic E-state index is 2.60. The van der Waals surface area contributed by atoms with Gasteiger partial charge in [0.25, 0.3) is 0 Å². The summed E-state index contributed by atoms with van der Waals surface area (Å²) < 4.78 is 18.5. The molecule has 0 amide bonds. The summed E-state index contributed by atoms with van der Waals surface area (Å²) in [5, 5.41) is 6.45. The molecule has 8 heteroatoms. The van der Waals surface area contributed by atoms with Gasteiger partial charge in [-0.2, -0.15) is 4.57 Å². The monoisotopic (exact) mass is 1620 g/mol. The molecular weight excluding hydrogens is 1510 g/mol. The fourth-order valence-corrected chi connectivity index (χ4v) is 22.9. The Labute approximate surface area is 733 Å². The number of hydrogen-bond acceptors (Lipinski definition) is 0. The first-order valence-electron chi connectivity index (χ1n) is 45.3. The highest BCUT2D eigenvalue weighted by Crippen LogP contribution is 2.62.